The predicted molar refractivity (Wildman–Crippen MR) is 84.0 cm³/mol. The minimum absolute atomic E-state index is 0.293. The van der Waals surface area contributed by atoms with Crippen molar-refractivity contribution in [2.45, 2.75) is 39.2 Å². The van der Waals surface area contributed by atoms with Gasteiger partial charge in [-0.05, 0) is 31.2 Å². The lowest BCUT2D eigenvalue weighted by molar-refractivity contribution is -0.131. The molecule has 0 radical (unpaired) electrons. The first-order valence-electron chi connectivity index (χ1n) is 8.39. The third kappa shape index (κ3) is 4.94. The molecule has 0 aliphatic carbocycles. The molecule has 2 heterocycles. The van der Waals surface area contributed by atoms with E-state index in [-0.39, 0.29) is 0 Å². The van der Waals surface area contributed by atoms with E-state index in [0.717, 1.165) is 52.2 Å². The van der Waals surface area contributed by atoms with Gasteiger partial charge in [0.15, 0.2) is 0 Å². The van der Waals surface area contributed by atoms with E-state index < -0.39 is 0 Å². The number of carbonyl (C=O) groups is 1. The molecule has 1 amide bonds. The Morgan fingerprint density at radius 1 is 1.29 bits per heavy atom. The molecule has 5 nitrogen and oxygen atoms in total. The van der Waals surface area contributed by atoms with Gasteiger partial charge in [0.2, 0.25) is 5.91 Å². The molecule has 2 aliphatic heterocycles. The van der Waals surface area contributed by atoms with Crippen LogP contribution in [-0.2, 0) is 9.53 Å². The number of amides is 1. The Kier molecular flexibility index (Phi) is 6.45. The summed E-state index contributed by atoms with van der Waals surface area (Å²) >= 11 is 0. The Hall–Kier alpha value is -0.650. The molecule has 0 aromatic rings. The lowest BCUT2D eigenvalue weighted by Gasteiger charge is -2.32. The fraction of sp³-hybridized carbons (Fsp3) is 0.938. The summed E-state index contributed by atoms with van der Waals surface area (Å²) in [4.78, 5) is 17.0. The highest BCUT2D eigenvalue weighted by Crippen LogP contribution is 2.21. The smallest absolute Gasteiger partial charge is 0.222 e. The first-order chi connectivity index (χ1) is 10.1. The van der Waals surface area contributed by atoms with E-state index in [1.807, 2.05) is 4.90 Å². The third-order valence-corrected chi connectivity index (χ3v) is 4.68. The first-order valence-corrected chi connectivity index (χ1v) is 8.39. The SMILES string of the molecule is CC(C)C[C@H](CN)CC(=O)N1CCC(N2CCOCC2)C1. The Balaban J connectivity index is 1.78. The number of morpholine rings is 1. The van der Waals surface area contributed by atoms with E-state index in [2.05, 4.69) is 18.7 Å². The van der Waals surface area contributed by atoms with Crippen LogP contribution >= 0.6 is 0 Å². The Labute approximate surface area is 128 Å². The maximum atomic E-state index is 12.5. The van der Waals surface area contributed by atoms with Gasteiger partial charge in [-0.2, -0.15) is 0 Å². The van der Waals surface area contributed by atoms with E-state index in [1.165, 1.54) is 0 Å². The monoisotopic (exact) mass is 297 g/mol. The standard InChI is InChI=1S/C16H31N3O2/c1-13(2)9-14(11-17)10-16(20)19-4-3-15(12-19)18-5-7-21-8-6-18/h13-15H,3-12,17H2,1-2H3/t14-,15?/m0/s1. The van der Waals surface area contributed by atoms with E-state index >= 15 is 0 Å². The van der Waals surface area contributed by atoms with Gasteiger partial charge < -0.3 is 15.4 Å². The highest BCUT2D eigenvalue weighted by molar-refractivity contribution is 5.76. The largest absolute Gasteiger partial charge is 0.379 e. The summed E-state index contributed by atoms with van der Waals surface area (Å²) in [5.41, 5.74) is 5.82. The Morgan fingerprint density at radius 3 is 2.62 bits per heavy atom. The second kappa shape index (κ2) is 8.11. The number of hydrogen-bond acceptors (Lipinski definition) is 4. The van der Waals surface area contributed by atoms with Gasteiger partial charge in [0.1, 0.15) is 0 Å². The minimum atomic E-state index is 0.293. The lowest BCUT2D eigenvalue weighted by atomic mass is 9.94. The molecule has 0 saturated carbocycles. The van der Waals surface area contributed by atoms with Crippen molar-refractivity contribution in [2.75, 3.05) is 45.9 Å². The van der Waals surface area contributed by atoms with Gasteiger partial charge in [-0.15, -0.1) is 0 Å². The summed E-state index contributed by atoms with van der Waals surface area (Å²) in [6, 6.07) is 0.527. The summed E-state index contributed by atoms with van der Waals surface area (Å²) in [6.07, 6.45) is 2.76. The molecule has 122 valence electrons. The fourth-order valence-corrected chi connectivity index (χ4v) is 3.51. The van der Waals surface area contributed by atoms with Crippen LogP contribution in [0.4, 0.5) is 0 Å². The molecule has 21 heavy (non-hydrogen) atoms. The zero-order chi connectivity index (χ0) is 15.2. The quantitative estimate of drug-likeness (QED) is 0.792. The van der Waals surface area contributed by atoms with Crippen molar-refractivity contribution in [1.82, 2.24) is 9.80 Å². The minimum Gasteiger partial charge on any atom is -0.379 e. The predicted octanol–water partition coefficient (Wildman–Crippen LogP) is 0.931. The van der Waals surface area contributed by atoms with Gasteiger partial charge in [-0.1, -0.05) is 13.8 Å². The van der Waals surface area contributed by atoms with Crippen LogP contribution in [0.25, 0.3) is 0 Å². The van der Waals surface area contributed by atoms with Gasteiger partial charge in [-0.3, -0.25) is 9.69 Å². The van der Waals surface area contributed by atoms with Crippen LogP contribution in [0.15, 0.2) is 0 Å². The normalized spacial score (nSPS) is 25.5. The van der Waals surface area contributed by atoms with Gasteiger partial charge in [0.05, 0.1) is 13.2 Å². The maximum absolute atomic E-state index is 12.5. The van der Waals surface area contributed by atoms with E-state index in [4.69, 9.17) is 10.5 Å². The highest BCUT2D eigenvalue weighted by Gasteiger charge is 2.31. The Bertz CT molecular complexity index is 329. The van der Waals surface area contributed by atoms with Crippen molar-refractivity contribution >= 4 is 5.91 Å². The summed E-state index contributed by atoms with van der Waals surface area (Å²) < 4.78 is 5.40. The number of carbonyl (C=O) groups excluding carboxylic acids is 1. The molecule has 0 bridgehead atoms. The average molecular weight is 297 g/mol. The molecule has 2 atom stereocenters. The van der Waals surface area contributed by atoms with Crippen LogP contribution in [0.3, 0.4) is 0 Å². The third-order valence-electron chi connectivity index (χ3n) is 4.68. The highest BCUT2D eigenvalue weighted by atomic mass is 16.5. The molecule has 2 N–H and O–H groups in total. The second-order valence-electron chi connectivity index (χ2n) is 6.87. The second-order valence-corrected chi connectivity index (χ2v) is 6.87. The van der Waals surface area contributed by atoms with Gasteiger partial charge in [0, 0.05) is 38.6 Å². The van der Waals surface area contributed by atoms with Crippen molar-refractivity contribution in [3.05, 3.63) is 0 Å². The van der Waals surface area contributed by atoms with Crippen LogP contribution in [0, 0.1) is 11.8 Å². The lowest BCUT2D eigenvalue weighted by Crippen LogP contribution is -2.45. The number of likely N-dealkylation sites (tertiary alicyclic amines) is 1. The number of ether oxygens (including phenoxy) is 1. The number of hydrogen-bond donors (Lipinski definition) is 1. The molecule has 2 aliphatic rings. The van der Waals surface area contributed by atoms with Gasteiger partial charge in [0.25, 0.3) is 0 Å². The van der Waals surface area contributed by atoms with Crippen LogP contribution in [0.1, 0.15) is 33.1 Å². The topological polar surface area (TPSA) is 58.8 Å². The number of nitrogens with two attached hydrogens (primary N) is 1. The number of rotatable bonds is 6. The molecule has 0 aromatic heterocycles. The summed E-state index contributed by atoms with van der Waals surface area (Å²) in [5.74, 6) is 1.23. The molecular weight excluding hydrogens is 266 g/mol. The van der Waals surface area contributed by atoms with E-state index in [9.17, 15) is 4.79 Å². The first kappa shape index (κ1) is 16.7. The van der Waals surface area contributed by atoms with Crippen molar-refractivity contribution in [3.63, 3.8) is 0 Å². The van der Waals surface area contributed by atoms with Crippen LogP contribution in [0.2, 0.25) is 0 Å². The Morgan fingerprint density at radius 2 is 2.00 bits per heavy atom. The number of nitrogens with zero attached hydrogens (tertiary/aromatic N) is 2. The average Bonchev–Trinajstić information content (AvgIpc) is 2.97. The zero-order valence-corrected chi connectivity index (χ0v) is 13.6. The fourth-order valence-electron chi connectivity index (χ4n) is 3.51. The van der Waals surface area contributed by atoms with Crippen molar-refractivity contribution in [1.29, 1.82) is 0 Å². The van der Waals surface area contributed by atoms with Crippen LogP contribution in [0.5, 0.6) is 0 Å². The van der Waals surface area contributed by atoms with Crippen LogP contribution in [-0.4, -0.2) is 67.7 Å². The summed E-state index contributed by atoms with van der Waals surface area (Å²) in [7, 11) is 0. The summed E-state index contributed by atoms with van der Waals surface area (Å²) in [6.45, 7) is 10.5. The molecule has 2 fully saturated rings. The molecule has 2 saturated heterocycles. The van der Waals surface area contributed by atoms with Gasteiger partial charge in [-0.25, -0.2) is 0 Å². The molecular formula is C16H31N3O2. The molecule has 5 heteroatoms. The van der Waals surface area contributed by atoms with Gasteiger partial charge >= 0.3 is 0 Å². The van der Waals surface area contributed by atoms with Crippen molar-refractivity contribution in [2.24, 2.45) is 17.6 Å². The van der Waals surface area contributed by atoms with E-state index in [1.54, 1.807) is 0 Å². The molecule has 1 unspecified atom stereocenters. The molecule has 0 spiro atoms. The zero-order valence-electron chi connectivity index (χ0n) is 13.6. The van der Waals surface area contributed by atoms with Crippen LogP contribution < -0.4 is 5.73 Å². The van der Waals surface area contributed by atoms with Crippen molar-refractivity contribution in [3.8, 4) is 0 Å². The molecule has 2 rings (SSSR count). The maximum Gasteiger partial charge on any atom is 0.222 e. The summed E-state index contributed by atoms with van der Waals surface area (Å²) in [5, 5.41) is 0. The van der Waals surface area contributed by atoms with E-state index in [0.29, 0.717) is 36.8 Å². The molecule has 0 aromatic carbocycles. The van der Waals surface area contributed by atoms with Crippen molar-refractivity contribution < 1.29 is 9.53 Å².